The van der Waals surface area contributed by atoms with Gasteiger partial charge in [-0.15, -0.1) is 0 Å². The Bertz CT molecular complexity index is 476. The van der Waals surface area contributed by atoms with Crippen molar-refractivity contribution in [3.63, 3.8) is 0 Å². The standard InChI is InChI=1S/C13H16BrN3/c1-2-17-8-7-16-13(17)12(15)9-10-3-5-11(14)6-4-10/h3-8,12H,2,9,15H2,1H3. The molecular formula is C13H16BrN3. The highest BCUT2D eigenvalue weighted by Crippen LogP contribution is 2.17. The van der Waals surface area contributed by atoms with Gasteiger partial charge in [-0.3, -0.25) is 0 Å². The average Bonchev–Trinajstić information content (AvgIpc) is 2.80. The van der Waals surface area contributed by atoms with Crippen molar-refractivity contribution >= 4 is 15.9 Å². The van der Waals surface area contributed by atoms with Gasteiger partial charge in [0.05, 0.1) is 6.04 Å². The van der Waals surface area contributed by atoms with Crippen LogP contribution in [0, 0.1) is 0 Å². The zero-order valence-electron chi connectivity index (χ0n) is 9.81. The second-order valence-corrected chi connectivity index (χ2v) is 4.92. The molecule has 0 amide bonds. The van der Waals surface area contributed by atoms with E-state index in [1.807, 2.05) is 18.3 Å². The van der Waals surface area contributed by atoms with Gasteiger partial charge in [0.25, 0.3) is 0 Å². The second-order valence-electron chi connectivity index (χ2n) is 4.01. The first kappa shape index (κ1) is 12.3. The fourth-order valence-corrected chi connectivity index (χ4v) is 2.15. The Balaban J connectivity index is 2.11. The first-order chi connectivity index (χ1) is 8.20. The largest absolute Gasteiger partial charge is 0.334 e. The van der Waals surface area contributed by atoms with E-state index in [1.54, 1.807) is 6.20 Å². The molecule has 0 saturated carbocycles. The van der Waals surface area contributed by atoms with Gasteiger partial charge in [-0.05, 0) is 31.0 Å². The number of nitrogens with zero attached hydrogens (tertiary/aromatic N) is 2. The lowest BCUT2D eigenvalue weighted by Gasteiger charge is -2.13. The van der Waals surface area contributed by atoms with Crippen LogP contribution >= 0.6 is 15.9 Å². The summed E-state index contributed by atoms with van der Waals surface area (Å²) in [5, 5.41) is 0. The minimum Gasteiger partial charge on any atom is -0.334 e. The third kappa shape index (κ3) is 2.96. The van der Waals surface area contributed by atoms with Gasteiger partial charge in [-0.1, -0.05) is 28.1 Å². The average molecular weight is 294 g/mol. The van der Waals surface area contributed by atoms with E-state index < -0.39 is 0 Å². The highest BCUT2D eigenvalue weighted by molar-refractivity contribution is 9.10. The summed E-state index contributed by atoms with van der Waals surface area (Å²) >= 11 is 3.43. The van der Waals surface area contributed by atoms with E-state index in [4.69, 9.17) is 5.73 Å². The summed E-state index contributed by atoms with van der Waals surface area (Å²) in [6.07, 6.45) is 4.58. The molecule has 3 nitrogen and oxygen atoms in total. The fourth-order valence-electron chi connectivity index (χ4n) is 1.88. The highest BCUT2D eigenvalue weighted by atomic mass is 79.9. The Hall–Kier alpha value is -1.13. The van der Waals surface area contributed by atoms with Crippen LogP contribution in [0.1, 0.15) is 24.4 Å². The van der Waals surface area contributed by atoms with E-state index in [0.29, 0.717) is 0 Å². The fraction of sp³-hybridized carbons (Fsp3) is 0.308. The molecule has 90 valence electrons. The van der Waals surface area contributed by atoms with Crippen LogP contribution < -0.4 is 5.73 Å². The molecule has 0 aliphatic heterocycles. The molecule has 1 heterocycles. The Morgan fingerprint density at radius 2 is 2.06 bits per heavy atom. The monoisotopic (exact) mass is 293 g/mol. The molecule has 1 aromatic heterocycles. The van der Waals surface area contributed by atoms with E-state index in [9.17, 15) is 0 Å². The summed E-state index contributed by atoms with van der Waals surface area (Å²) in [5.74, 6) is 0.954. The molecule has 1 unspecified atom stereocenters. The quantitative estimate of drug-likeness (QED) is 0.942. The number of nitrogens with two attached hydrogens (primary N) is 1. The SMILES string of the molecule is CCn1ccnc1C(N)Cc1ccc(Br)cc1. The van der Waals surface area contributed by atoms with Crippen molar-refractivity contribution in [1.29, 1.82) is 0 Å². The number of imidazole rings is 1. The maximum absolute atomic E-state index is 6.19. The van der Waals surface area contributed by atoms with E-state index in [2.05, 4.69) is 44.5 Å². The number of hydrogen-bond donors (Lipinski definition) is 1. The lowest BCUT2D eigenvalue weighted by Crippen LogP contribution is -2.18. The van der Waals surface area contributed by atoms with Gasteiger partial charge >= 0.3 is 0 Å². The first-order valence-corrected chi connectivity index (χ1v) is 6.51. The minimum absolute atomic E-state index is 0.0499. The summed E-state index contributed by atoms with van der Waals surface area (Å²) in [6, 6.07) is 8.20. The Kier molecular flexibility index (Phi) is 3.97. The summed E-state index contributed by atoms with van der Waals surface area (Å²) < 4.78 is 3.17. The zero-order chi connectivity index (χ0) is 12.3. The molecule has 1 atom stereocenters. The Morgan fingerprint density at radius 3 is 2.71 bits per heavy atom. The van der Waals surface area contributed by atoms with Gasteiger partial charge in [0.1, 0.15) is 5.82 Å². The van der Waals surface area contributed by atoms with Crippen molar-refractivity contribution in [1.82, 2.24) is 9.55 Å². The minimum atomic E-state index is -0.0499. The van der Waals surface area contributed by atoms with E-state index in [0.717, 1.165) is 23.3 Å². The smallest absolute Gasteiger partial charge is 0.125 e. The molecule has 0 fully saturated rings. The van der Waals surface area contributed by atoms with Crippen molar-refractivity contribution in [3.8, 4) is 0 Å². The molecule has 0 spiro atoms. The van der Waals surface area contributed by atoms with Gasteiger partial charge in [0.15, 0.2) is 0 Å². The molecule has 17 heavy (non-hydrogen) atoms. The molecular weight excluding hydrogens is 278 g/mol. The Labute approximate surface area is 110 Å². The summed E-state index contributed by atoms with van der Waals surface area (Å²) in [6.45, 7) is 3.00. The van der Waals surface area contributed by atoms with Crippen molar-refractivity contribution in [3.05, 3.63) is 52.5 Å². The van der Waals surface area contributed by atoms with Gasteiger partial charge in [0.2, 0.25) is 0 Å². The van der Waals surface area contributed by atoms with Crippen molar-refractivity contribution in [2.75, 3.05) is 0 Å². The van der Waals surface area contributed by atoms with Crippen LogP contribution in [0.15, 0.2) is 41.1 Å². The molecule has 0 aliphatic rings. The molecule has 1 aromatic carbocycles. The maximum atomic E-state index is 6.19. The van der Waals surface area contributed by atoms with Crippen LogP contribution in [0.3, 0.4) is 0 Å². The number of halogens is 1. The van der Waals surface area contributed by atoms with Crippen molar-refractivity contribution < 1.29 is 0 Å². The molecule has 2 aromatic rings. The lowest BCUT2D eigenvalue weighted by molar-refractivity contribution is 0.600. The molecule has 0 radical (unpaired) electrons. The molecule has 0 bridgehead atoms. The third-order valence-electron chi connectivity index (χ3n) is 2.79. The molecule has 4 heteroatoms. The first-order valence-electron chi connectivity index (χ1n) is 5.71. The molecule has 0 aliphatic carbocycles. The molecule has 0 saturated heterocycles. The second kappa shape index (κ2) is 5.47. The van der Waals surface area contributed by atoms with Crippen LogP contribution in [0.4, 0.5) is 0 Å². The molecule has 2 rings (SSSR count). The van der Waals surface area contributed by atoms with Crippen LogP contribution in [-0.2, 0) is 13.0 Å². The van der Waals surface area contributed by atoms with Gasteiger partial charge in [0, 0.05) is 23.4 Å². The summed E-state index contributed by atoms with van der Waals surface area (Å²) in [7, 11) is 0. The van der Waals surface area contributed by atoms with Crippen LogP contribution in [-0.4, -0.2) is 9.55 Å². The zero-order valence-corrected chi connectivity index (χ0v) is 11.4. The number of benzene rings is 1. The number of aryl methyl sites for hydroxylation is 1. The van der Waals surface area contributed by atoms with Crippen LogP contribution in [0.25, 0.3) is 0 Å². The van der Waals surface area contributed by atoms with Gasteiger partial charge in [-0.25, -0.2) is 4.98 Å². The van der Waals surface area contributed by atoms with Crippen molar-refractivity contribution in [2.24, 2.45) is 5.73 Å². The predicted octanol–water partition coefficient (Wildman–Crippen LogP) is 2.91. The van der Waals surface area contributed by atoms with Crippen LogP contribution in [0.2, 0.25) is 0 Å². The summed E-state index contributed by atoms with van der Waals surface area (Å²) in [5.41, 5.74) is 7.42. The highest BCUT2D eigenvalue weighted by Gasteiger charge is 2.12. The summed E-state index contributed by atoms with van der Waals surface area (Å²) in [4.78, 5) is 4.33. The van der Waals surface area contributed by atoms with E-state index >= 15 is 0 Å². The van der Waals surface area contributed by atoms with E-state index in [-0.39, 0.29) is 6.04 Å². The lowest BCUT2D eigenvalue weighted by atomic mass is 10.1. The number of aromatic nitrogens is 2. The maximum Gasteiger partial charge on any atom is 0.125 e. The van der Waals surface area contributed by atoms with Gasteiger partial charge in [-0.2, -0.15) is 0 Å². The molecule has 2 N–H and O–H groups in total. The predicted molar refractivity (Wildman–Crippen MR) is 72.7 cm³/mol. The van der Waals surface area contributed by atoms with E-state index in [1.165, 1.54) is 5.56 Å². The normalized spacial score (nSPS) is 12.6. The number of hydrogen-bond acceptors (Lipinski definition) is 2. The topological polar surface area (TPSA) is 43.8 Å². The van der Waals surface area contributed by atoms with Crippen LogP contribution in [0.5, 0.6) is 0 Å². The Morgan fingerprint density at radius 1 is 1.35 bits per heavy atom. The van der Waals surface area contributed by atoms with Gasteiger partial charge < -0.3 is 10.3 Å². The third-order valence-corrected chi connectivity index (χ3v) is 3.32. The number of rotatable bonds is 4. The van der Waals surface area contributed by atoms with Crippen molar-refractivity contribution in [2.45, 2.75) is 25.9 Å².